The minimum atomic E-state index is -0.406. The lowest BCUT2D eigenvalue weighted by atomic mass is 10.1. The molecule has 1 aromatic heterocycles. The molecule has 6 heteroatoms. The van der Waals surface area contributed by atoms with Gasteiger partial charge in [-0.1, -0.05) is 41.9 Å². The molecule has 3 rings (SSSR count). The van der Waals surface area contributed by atoms with Gasteiger partial charge in [0.2, 0.25) is 0 Å². The van der Waals surface area contributed by atoms with Gasteiger partial charge in [-0.05, 0) is 36.8 Å². The van der Waals surface area contributed by atoms with Crippen LogP contribution in [0.3, 0.4) is 0 Å². The average Bonchev–Trinajstić information content (AvgIpc) is 3.05. The lowest BCUT2D eigenvalue weighted by molar-refractivity contribution is 0.0934. The fourth-order valence-corrected chi connectivity index (χ4v) is 2.69. The summed E-state index contributed by atoms with van der Waals surface area (Å²) in [4.78, 5) is 12.3. The van der Waals surface area contributed by atoms with Crippen LogP contribution in [-0.4, -0.2) is 15.7 Å². The van der Waals surface area contributed by atoms with Crippen LogP contribution in [0.2, 0.25) is 5.02 Å². The minimum absolute atomic E-state index is 0.206. The Bertz CT molecular complexity index is 878. The van der Waals surface area contributed by atoms with E-state index in [0.717, 1.165) is 5.56 Å². The predicted octanol–water partition coefficient (Wildman–Crippen LogP) is 4.16. The van der Waals surface area contributed by atoms with Crippen LogP contribution in [0.1, 0.15) is 29.0 Å². The van der Waals surface area contributed by atoms with Gasteiger partial charge in [-0.25, -0.2) is 9.07 Å². The van der Waals surface area contributed by atoms with Gasteiger partial charge in [-0.2, -0.15) is 5.10 Å². The van der Waals surface area contributed by atoms with Crippen LogP contribution in [0, 0.1) is 5.82 Å². The lowest BCUT2D eigenvalue weighted by Gasteiger charge is -2.14. The number of aromatic nitrogens is 2. The Morgan fingerprint density at radius 2 is 1.88 bits per heavy atom. The summed E-state index contributed by atoms with van der Waals surface area (Å²) in [7, 11) is 0. The summed E-state index contributed by atoms with van der Waals surface area (Å²) in [5.41, 5.74) is 1.31. The predicted molar refractivity (Wildman–Crippen MR) is 90.9 cm³/mol. The lowest BCUT2D eigenvalue weighted by Crippen LogP contribution is -2.27. The van der Waals surface area contributed by atoms with Crippen molar-refractivity contribution in [3.05, 3.63) is 82.9 Å². The zero-order valence-corrected chi connectivity index (χ0v) is 13.7. The number of halogens is 2. The molecule has 0 fully saturated rings. The Morgan fingerprint density at radius 3 is 2.62 bits per heavy atom. The van der Waals surface area contributed by atoms with Crippen LogP contribution < -0.4 is 5.32 Å². The van der Waals surface area contributed by atoms with Crippen molar-refractivity contribution in [3.63, 3.8) is 0 Å². The topological polar surface area (TPSA) is 46.9 Å². The van der Waals surface area contributed by atoms with Gasteiger partial charge in [0.1, 0.15) is 11.5 Å². The molecular formula is C18H15ClFN3O. The van der Waals surface area contributed by atoms with Crippen molar-refractivity contribution in [2.45, 2.75) is 13.0 Å². The van der Waals surface area contributed by atoms with Crippen molar-refractivity contribution in [1.29, 1.82) is 0 Å². The first-order valence-electron chi connectivity index (χ1n) is 7.42. The molecule has 0 aliphatic rings. The number of para-hydroxylation sites is 1. The van der Waals surface area contributed by atoms with E-state index in [4.69, 9.17) is 11.6 Å². The van der Waals surface area contributed by atoms with Crippen molar-refractivity contribution in [2.75, 3.05) is 0 Å². The number of nitrogens with one attached hydrogen (secondary N) is 1. The molecular weight excluding hydrogens is 329 g/mol. The average molecular weight is 344 g/mol. The molecule has 2 aromatic carbocycles. The van der Waals surface area contributed by atoms with E-state index in [0.29, 0.717) is 5.02 Å². The van der Waals surface area contributed by atoms with Gasteiger partial charge >= 0.3 is 0 Å². The quantitative estimate of drug-likeness (QED) is 0.773. The van der Waals surface area contributed by atoms with E-state index in [1.54, 1.807) is 36.5 Å². The van der Waals surface area contributed by atoms with Crippen LogP contribution >= 0.6 is 11.6 Å². The number of benzene rings is 2. The normalized spacial score (nSPS) is 12.0. The molecule has 4 nitrogen and oxygen atoms in total. The molecule has 3 aromatic rings. The van der Waals surface area contributed by atoms with Gasteiger partial charge < -0.3 is 5.32 Å². The molecule has 1 heterocycles. The van der Waals surface area contributed by atoms with Crippen LogP contribution in [-0.2, 0) is 0 Å². The van der Waals surface area contributed by atoms with Crippen LogP contribution in [0.25, 0.3) is 5.69 Å². The van der Waals surface area contributed by atoms with E-state index >= 15 is 0 Å². The van der Waals surface area contributed by atoms with E-state index in [1.165, 1.54) is 10.7 Å². The van der Waals surface area contributed by atoms with Gasteiger partial charge in [-0.3, -0.25) is 4.79 Å². The van der Waals surface area contributed by atoms with E-state index in [-0.39, 0.29) is 23.3 Å². The van der Waals surface area contributed by atoms with E-state index in [2.05, 4.69) is 10.4 Å². The maximum atomic E-state index is 13.8. The van der Waals surface area contributed by atoms with Crippen molar-refractivity contribution >= 4 is 17.5 Å². The van der Waals surface area contributed by atoms with Gasteiger partial charge in [0.25, 0.3) is 5.91 Å². The third kappa shape index (κ3) is 3.31. The second-order valence-corrected chi connectivity index (χ2v) is 5.72. The number of carbonyl (C=O) groups is 1. The molecule has 24 heavy (non-hydrogen) atoms. The Balaban J connectivity index is 1.77. The standard InChI is InChI=1S/C18H15ClFN3O/c1-12(13-6-2-3-7-14(13)19)21-18(24)16-10-11-23(22-16)17-9-5-4-8-15(17)20/h2-12H,1H3,(H,21,24). The fraction of sp³-hybridized carbons (Fsp3) is 0.111. The van der Waals surface area contributed by atoms with E-state index < -0.39 is 5.82 Å². The van der Waals surface area contributed by atoms with Crippen LogP contribution in [0.15, 0.2) is 60.8 Å². The van der Waals surface area contributed by atoms with Gasteiger partial charge in [0.15, 0.2) is 5.69 Å². The molecule has 1 atom stereocenters. The van der Waals surface area contributed by atoms with Crippen molar-refractivity contribution in [1.82, 2.24) is 15.1 Å². The number of nitrogens with zero attached hydrogens (tertiary/aromatic N) is 2. The number of hydrogen-bond donors (Lipinski definition) is 1. The van der Waals surface area contributed by atoms with E-state index in [9.17, 15) is 9.18 Å². The third-order valence-corrected chi connectivity index (χ3v) is 3.98. The second kappa shape index (κ2) is 6.84. The number of hydrogen-bond acceptors (Lipinski definition) is 2. The molecule has 0 spiro atoms. The van der Waals surface area contributed by atoms with Crippen molar-refractivity contribution in [3.8, 4) is 5.69 Å². The van der Waals surface area contributed by atoms with Crippen LogP contribution in [0.5, 0.6) is 0 Å². The highest BCUT2D eigenvalue weighted by Gasteiger charge is 2.16. The summed E-state index contributed by atoms with van der Waals surface area (Å²) >= 11 is 6.14. The van der Waals surface area contributed by atoms with Gasteiger partial charge in [-0.15, -0.1) is 0 Å². The molecule has 122 valence electrons. The second-order valence-electron chi connectivity index (χ2n) is 5.31. The Labute approximate surface area is 143 Å². The Hall–Kier alpha value is -2.66. The van der Waals surface area contributed by atoms with Crippen molar-refractivity contribution in [2.24, 2.45) is 0 Å². The SMILES string of the molecule is CC(NC(=O)c1ccn(-c2ccccc2F)n1)c1ccccc1Cl. The first-order valence-corrected chi connectivity index (χ1v) is 7.80. The Morgan fingerprint density at radius 1 is 1.17 bits per heavy atom. The highest BCUT2D eigenvalue weighted by Crippen LogP contribution is 2.22. The largest absolute Gasteiger partial charge is 0.344 e. The summed E-state index contributed by atoms with van der Waals surface area (Å²) in [6.45, 7) is 1.84. The molecule has 1 amide bonds. The fourth-order valence-electron chi connectivity index (χ4n) is 2.39. The summed E-state index contributed by atoms with van der Waals surface area (Å²) in [5.74, 6) is -0.755. The molecule has 0 bridgehead atoms. The first-order chi connectivity index (χ1) is 11.6. The van der Waals surface area contributed by atoms with Crippen LogP contribution in [0.4, 0.5) is 4.39 Å². The molecule has 0 aliphatic carbocycles. The number of rotatable bonds is 4. The molecule has 1 unspecified atom stereocenters. The molecule has 1 N–H and O–H groups in total. The minimum Gasteiger partial charge on any atom is -0.344 e. The molecule has 0 radical (unpaired) electrons. The maximum Gasteiger partial charge on any atom is 0.272 e. The highest BCUT2D eigenvalue weighted by molar-refractivity contribution is 6.31. The summed E-state index contributed by atoms with van der Waals surface area (Å²) in [6.07, 6.45) is 1.55. The number of amides is 1. The van der Waals surface area contributed by atoms with Crippen molar-refractivity contribution < 1.29 is 9.18 Å². The zero-order chi connectivity index (χ0) is 17.1. The Kier molecular flexibility index (Phi) is 4.62. The number of carbonyl (C=O) groups excluding carboxylic acids is 1. The highest BCUT2D eigenvalue weighted by atomic mass is 35.5. The van der Waals surface area contributed by atoms with Gasteiger partial charge in [0.05, 0.1) is 6.04 Å². The monoisotopic (exact) mass is 343 g/mol. The molecule has 0 saturated heterocycles. The summed E-state index contributed by atoms with van der Waals surface area (Å²) < 4.78 is 15.1. The molecule has 0 saturated carbocycles. The summed E-state index contributed by atoms with van der Waals surface area (Å²) in [6, 6.07) is 14.8. The zero-order valence-electron chi connectivity index (χ0n) is 12.9. The maximum absolute atomic E-state index is 13.8. The summed E-state index contributed by atoms with van der Waals surface area (Å²) in [5, 5.41) is 7.57. The van der Waals surface area contributed by atoms with E-state index in [1.807, 2.05) is 25.1 Å². The first kappa shape index (κ1) is 16.2. The third-order valence-electron chi connectivity index (χ3n) is 3.64. The smallest absolute Gasteiger partial charge is 0.272 e. The van der Waals surface area contributed by atoms with Gasteiger partial charge in [0, 0.05) is 11.2 Å². The molecule has 0 aliphatic heterocycles.